The van der Waals surface area contributed by atoms with Crippen LogP contribution in [-0.4, -0.2) is 67.3 Å². The van der Waals surface area contributed by atoms with Gasteiger partial charge in [-0.1, -0.05) is 6.07 Å². The molecule has 1 aromatic heterocycles. The molecule has 23 heavy (non-hydrogen) atoms. The number of piperidine rings is 1. The number of amides is 1. The molecule has 3 saturated heterocycles. The number of morpholine rings is 1. The van der Waals surface area contributed by atoms with Gasteiger partial charge in [-0.25, -0.2) is 10.4 Å². The lowest BCUT2D eigenvalue weighted by Crippen LogP contribution is -2.53. The predicted molar refractivity (Wildman–Crippen MR) is 85.8 cm³/mol. The van der Waals surface area contributed by atoms with Gasteiger partial charge in [-0.05, 0) is 18.6 Å². The van der Waals surface area contributed by atoms with Crippen LogP contribution in [0, 0.1) is 5.92 Å². The molecule has 0 spiro atoms. The molecule has 0 aliphatic carbocycles. The van der Waals surface area contributed by atoms with E-state index in [4.69, 9.17) is 4.74 Å². The Morgan fingerprint density at radius 3 is 2.87 bits per heavy atom. The summed E-state index contributed by atoms with van der Waals surface area (Å²) in [5, 5.41) is 0. The highest BCUT2D eigenvalue weighted by Crippen LogP contribution is 2.28. The number of aromatic nitrogens is 1. The van der Waals surface area contributed by atoms with E-state index in [1.807, 2.05) is 29.3 Å². The van der Waals surface area contributed by atoms with E-state index >= 15 is 0 Å². The van der Waals surface area contributed by atoms with Gasteiger partial charge in [0, 0.05) is 44.3 Å². The van der Waals surface area contributed by atoms with Crippen molar-refractivity contribution in [2.75, 3.05) is 44.3 Å². The lowest BCUT2D eigenvalue weighted by molar-refractivity contribution is -0.138. The Morgan fingerprint density at radius 1 is 1.22 bits per heavy atom. The molecule has 7 heteroatoms. The second kappa shape index (κ2) is 6.43. The van der Waals surface area contributed by atoms with Gasteiger partial charge < -0.3 is 14.5 Å². The van der Waals surface area contributed by atoms with E-state index in [2.05, 4.69) is 20.7 Å². The van der Waals surface area contributed by atoms with Crippen LogP contribution >= 0.6 is 0 Å². The number of ether oxygens (including phenoxy) is 1. The van der Waals surface area contributed by atoms with Crippen molar-refractivity contribution in [3.8, 4) is 0 Å². The molecule has 0 radical (unpaired) electrons. The summed E-state index contributed by atoms with van der Waals surface area (Å²) < 4.78 is 5.35. The minimum Gasteiger partial charge on any atom is -0.378 e. The van der Waals surface area contributed by atoms with Gasteiger partial charge in [0.15, 0.2) is 0 Å². The topological polar surface area (TPSA) is 69.7 Å². The van der Waals surface area contributed by atoms with Gasteiger partial charge in [0.2, 0.25) is 5.91 Å². The average Bonchev–Trinajstić information content (AvgIpc) is 3.05. The third kappa shape index (κ3) is 2.91. The van der Waals surface area contributed by atoms with Crippen LogP contribution in [0.2, 0.25) is 0 Å². The minimum atomic E-state index is -0.162. The summed E-state index contributed by atoms with van der Waals surface area (Å²) in [6, 6.07) is 6.17. The summed E-state index contributed by atoms with van der Waals surface area (Å²) in [7, 11) is 0. The summed E-state index contributed by atoms with van der Waals surface area (Å²) in [5.74, 6) is 1.45. The van der Waals surface area contributed by atoms with E-state index in [0.29, 0.717) is 32.3 Å². The van der Waals surface area contributed by atoms with Crippen LogP contribution in [0.25, 0.3) is 0 Å². The molecule has 7 nitrogen and oxygen atoms in total. The second-order valence-electron chi connectivity index (χ2n) is 6.40. The molecule has 3 atom stereocenters. The smallest absolute Gasteiger partial charge is 0.241 e. The summed E-state index contributed by atoms with van der Waals surface area (Å²) in [5.41, 5.74) is 6.56. The largest absolute Gasteiger partial charge is 0.378 e. The van der Waals surface area contributed by atoms with Gasteiger partial charge in [-0.3, -0.25) is 10.2 Å². The SMILES string of the molecule is O=C(C1NNC2CCN(c3ccccn3)CC21)N1CCOCC1. The number of anilines is 1. The van der Waals surface area contributed by atoms with Crippen molar-refractivity contribution in [2.45, 2.75) is 18.5 Å². The Morgan fingerprint density at radius 2 is 2.09 bits per heavy atom. The van der Waals surface area contributed by atoms with Crippen LogP contribution in [0.5, 0.6) is 0 Å². The number of nitrogens with zero attached hydrogens (tertiary/aromatic N) is 3. The van der Waals surface area contributed by atoms with Crippen LogP contribution in [-0.2, 0) is 9.53 Å². The highest BCUT2D eigenvalue weighted by molar-refractivity contribution is 5.83. The lowest BCUT2D eigenvalue weighted by Gasteiger charge is -2.37. The van der Waals surface area contributed by atoms with E-state index in [0.717, 1.165) is 25.3 Å². The molecule has 3 aliphatic heterocycles. The van der Waals surface area contributed by atoms with Crippen molar-refractivity contribution in [2.24, 2.45) is 5.92 Å². The van der Waals surface area contributed by atoms with E-state index < -0.39 is 0 Å². The summed E-state index contributed by atoms with van der Waals surface area (Å²) in [4.78, 5) is 21.5. The van der Waals surface area contributed by atoms with Crippen molar-refractivity contribution < 1.29 is 9.53 Å². The van der Waals surface area contributed by atoms with Crippen molar-refractivity contribution >= 4 is 11.7 Å². The zero-order valence-electron chi connectivity index (χ0n) is 13.1. The van der Waals surface area contributed by atoms with Crippen molar-refractivity contribution in [3.63, 3.8) is 0 Å². The number of hydrogen-bond acceptors (Lipinski definition) is 6. The lowest BCUT2D eigenvalue weighted by atomic mass is 9.87. The maximum Gasteiger partial charge on any atom is 0.241 e. The Labute approximate surface area is 136 Å². The Hall–Kier alpha value is -1.70. The fourth-order valence-electron chi connectivity index (χ4n) is 3.78. The van der Waals surface area contributed by atoms with Gasteiger partial charge in [0.1, 0.15) is 11.9 Å². The second-order valence-corrected chi connectivity index (χ2v) is 6.40. The fraction of sp³-hybridized carbons (Fsp3) is 0.625. The van der Waals surface area contributed by atoms with E-state index in [1.165, 1.54) is 0 Å². The van der Waals surface area contributed by atoms with Crippen LogP contribution in [0.1, 0.15) is 6.42 Å². The molecular formula is C16H23N5O2. The van der Waals surface area contributed by atoms with Crippen LogP contribution in [0.15, 0.2) is 24.4 Å². The summed E-state index contributed by atoms with van der Waals surface area (Å²) in [6.45, 7) is 4.48. The standard InChI is InChI=1S/C16H23N5O2/c22-16(20-7-9-23-10-8-20)15-12-11-21(6-4-13(12)18-19-15)14-3-1-2-5-17-14/h1-3,5,12-13,15,18-19H,4,6-11H2. The highest BCUT2D eigenvalue weighted by Gasteiger charge is 2.44. The molecule has 4 heterocycles. The average molecular weight is 317 g/mol. The molecule has 3 unspecified atom stereocenters. The first kappa shape index (κ1) is 14.9. The number of pyridine rings is 1. The molecule has 3 aliphatic rings. The van der Waals surface area contributed by atoms with Crippen molar-refractivity contribution in [1.82, 2.24) is 20.7 Å². The fourth-order valence-corrected chi connectivity index (χ4v) is 3.78. The van der Waals surface area contributed by atoms with Gasteiger partial charge in [-0.2, -0.15) is 0 Å². The number of carbonyl (C=O) groups excluding carboxylic acids is 1. The molecule has 0 bridgehead atoms. The number of hydrazine groups is 1. The Kier molecular flexibility index (Phi) is 4.15. The predicted octanol–water partition coefficient (Wildman–Crippen LogP) is -0.388. The summed E-state index contributed by atoms with van der Waals surface area (Å²) >= 11 is 0. The maximum absolute atomic E-state index is 12.8. The molecule has 1 aromatic rings. The normalized spacial score (nSPS) is 31.0. The van der Waals surface area contributed by atoms with E-state index in [-0.39, 0.29) is 17.9 Å². The molecule has 2 N–H and O–H groups in total. The van der Waals surface area contributed by atoms with Gasteiger partial charge in [-0.15, -0.1) is 0 Å². The number of rotatable bonds is 2. The minimum absolute atomic E-state index is 0.162. The van der Waals surface area contributed by atoms with Crippen LogP contribution in [0.3, 0.4) is 0 Å². The highest BCUT2D eigenvalue weighted by atomic mass is 16.5. The Balaban J connectivity index is 1.47. The molecule has 3 fully saturated rings. The van der Waals surface area contributed by atoms with Crippen molar-refractivity contribution in [3.05, 3.63) is 24.4 Å². The van der Waals surface area contributed by atoms with Crippen LogP contribution < -0.4 is 15.8 Å². The van der Waals surface area contributed by atoms with Gasteiger partial charge >= 0.3 is 0 Å². The molecule has 4 rings (SSSR count). The first-order valence-electron chi connectivity index (χ1n) is 8.36. The number of fused-ring (bicyclic) bond motifs is 1. The van der Waals surface area contributed by atoms with Crippen molar-refractivity contribution in [1.29, 1.82) is 0 Å². The van der Waals surface area contributed by atoms with Gasteiger partial charge in [0.25, 0.3) is 0 Å². The zero-order valence-corrected chi connectivity index (χ0v) is 13.1. The Bertz CT molecular complexity index is 549. The number of carbonyl (C=O) groups is 1. The number of nitrogens with one attached hydrogen (secondary N) is 2. The quantitative estimate of drug-likeness (QED) is 0.774. The third-order valence-electron chi connectivity index (χ3n) is 5.07. The first-order chi connectivity index (χ1) is 11.3. The van der Waals surface area contributed by atoms with E-state index in [1.54, 1.807) is 0 Å². The third-order valence-corrected chi connectivity index (χ3v) is 5.07. The maximum atomic E-state index is 12.8. The molecule has 1 amide bonds. The molecule has 0 aromatic carbocycles. The monoisotopic (exact) mass is 317 g/mol. The molecule has 124 valence electrons. The summed E-state index contributed by atoms with van der Waals surface area (Å²) in [6.07, 6.45) is 2.84. The first-order valence-corrected chi connectivity index (χ1v) is 8.36. The van der Waals surface area contributed by atoms with Gasteiger partial charge in [0.05, 0.1) is 13.2 Å². The van der Waals surface area contributed by atoms with Crippen LogP contribution in [0.4, 0.5) is 5.82 Å². The van der Waals surface area contributed by atoms with E-state index in [9.17, 15) is 4.79 Å². The molecular weight excluding hydrogens is 294 g/mol. The molecule has 0 saturated carbocycles. The number of hydrogen-bond donors (Lipinski definition) is 2. The zero-order chi connectivity index (χ0) is 15.6.